The van der Waals surface area contributed by atoms with Gasteiger partial charge in [-0.05, 0) is 73.2 Å². The van der Waals surface area contributed by atoms with Gasteiger partial charge in [0.1, 0.15) is 11.5 Å². The van der Waals surface area contributed by atoms with E-state index in [4.69, 9.17) is 19.3 Å². The monoisotopic (exact) mass is 499 g/mol. The molecular weight excluding hydrogens is 466 g/mol. The number of methoxy groups -OCH3 is 2. The number of anilines is 2. The van der Waals surface area contributed by atoms with E-state index in [9.17, 15) is 0 Å². The van der Waals surface area contributed by atoms with Gasteiger partial charge in [0.2, 0.25) is 5.95 Å². The molecule has 1 atom stereocenters. The van der Waals surface area contributed by atoms with Crippen LogP contribution in [0.1, 0.15) is 24.0 Å². The van der Waals surface area contributed by atoms with Crippen LogP contribution in [0.25, 0.3) is 16.8 Å². The lowest BCUT2D eigenvalue weighted by Gasteiger charge is -2.34. The molecular formula is C29H33N5O3. The molecule has 0 bridgehead atoms. The fraction of sp³-hybridized carbons (Fsp3) is 0.379. The average molecular weight is 500 g/mol. The van der Waals surface area contributed by atoms with Crippen molar-refractivity contribution in [1.29, 1.82) is 0 Å². The highest BCUT2D eigenvalue weighted by atomic mass is 16.5. The number of nitrogens with zero attached hydrogens (tertiary/aromatic N) is 4. The Hall–Kier alpha value is -3.62. The van der Waals surface area contributed by atoms with Crippen LogP contribution in [0.2, 0.25) is 0 Å². The molecule has 1 fully saturated rings. The van der Waals surface area contributed by atoms with Gasteiger partial charge in [0.05, 0.1) is 50.5 Å². The van der Waals surface area contributed by atoms with Crippen LogP contribution in [0.5, 0.6) is 11.5 Å². The van der Waals surface area contributed by atoms with Crippen molar-refractivity contribution >= 4 is 17.2 Å². The number of hydrogen-bond acceptors (Lipinski definition) is 7. The van der Waals surface area contributed by atoms with Crippen molar-refractivity contribution in [2.24, 2.45) is 0 Å². The first-order chi connectivity index (χ1) is 18.2. The van der Waals surface area contributed by atoms with Crippen LogP contribution in [0.15, 0.2) is 54.7 Å². The average Bonchev–Trinajstić information content (AvgIpc) is 3.25. The molecule has 1 N–H and O–H groups in total. The summed E-state index contributed by atoms with van der Waals surface area (Å²) >= 11 is 0. The quantitative estimate of drug-likeness (QED) is 0.384. The van der Waals surface area contributed by atoms with Crippen molar-refractivity contribution in [2.75, 3.05) is 45.8 Å². The van der Waals surface area contributed by atoms with Gasteiger partial charge >= 0.3 is 0 Å². The van der Waals surface area contributed by atoms with Crippen LogP contribution >= 0.6 is 0 Å². The third-order valence-corrected chi connectivity index (χ3v) is 7.55. The Balaban J connectivity index is 1.30. The van der Waals surface area contributed by atoms with Gasteiger partial charge in [0.15, 0.2) is 0 Å². The van der Waals surface area contributed by atoms with Gasteiger partial charge in [-0.15, -0.1) is 5.10 Å². The van der Waals surface area contributed by atoms with Gasteiger partial charge < -0.3 is 19.5 Å². The van der Waals surface area contributed by atoms with Gasteiger partial charge in [-0.3, -0.25) is 4.90 Å². The number of benzene rings is 2. The smallest absolute Gasteiger partial charge is 0.245 e. The Labute approximate surface area is 217 Å². The zero-order chi connectivity index (χ0) is 25.2. The molecule has 0 saturated carbocycles. The number of para-hydroxylation sites is 1. The molecule has 0 spiro atoms. The SMILES string of the molecule is COc1cc2c(cc1Nc1ncc3ccc(-c4ccccc4OC)n3n1)CCCC(N1CCOCC1)C2. The van der Waals surface area contributed by atoms with Crippen molar-refractivity contribution in [3.63, 3.8) is 0 Å². The molecule has 4 aromatic rings. The molecule has 37 heavy (non-hydrogen) atoms. The Kier molecular flexibility index (Phi) is 6.68. The molecule has 8 nitrogen and oxygen atoms in total. The van der Waals surface area contributed by atoms with Crippen LogP contribution in [0, 0.1) is 0 Å². The van der Waals surface area contributed by atoms with Gasteiger partial charge in [0.25, 0.3) is 0 Å². The minimum absolute atomic E-state index is 0.512. The second-order valence-corrected chi connectivity index (χ2v) is 9.68. The number of ether oxygens (including phenoxy) is 3. The van der Waals surface area contributed by atoms with E-state index >= 15 is 0 Å². The molecule has 8 heteroatoms. The molecule has 0 amide bonds. The summed E-state index contributed by atoms with van der Waals surface area (Å²) in [6.45, 7) is 3.71. The Morgan fingerprint density at radius 3 is 2.65 bits per heavy atom. The van der Waals surface area contributed by atoms with Crippen LogP contribution < -0.4 is 14.8 Å². The minimum atomic E-state index is 0.512. The number of aryl methyl sites for hydroxylation is 1. The van der Waals surface area contributed by atoms with E-state index in [1.165, 1.54) is 24.0 Å². The third-order valence-electron chi connectivity index (χ3n) is 7.55. The molecule has 1 unspecified atom stereocenters. The topological polar surface area (TPSA) is 73.1 Å². The summed E-state index contributed by atoms with van der Waals surface area (Å²) in [5.74, 6) is 2.12. The number of rotatable bonds is 6. The largest absolute Gasteiger partial charge is 0.496 e. The van der Waals surface area contributed by atoms with Gasteiger partial charge in [-0.2, -0.15) is 0 Å². The van der Waals surface area contributed by atoms with Gasteiger partial charge in [-0.25, -0.2) is 9.50 Å². The molecule has 6 rings (SSSR count). The van der Waals surface area contributed by atoms with Gasteiger partial charge in [0, 0.05) is 24.7 Å². The number of hydrogen-bond donors (Lipinski definition) is 1. The second-order valence-electron chi connectivity index (χ2n) is 9.68. The minimum Gasteiger partial charge on any atom is -0.496 e. The van der Waals surface area contributed by atoms with E-state index in [1.54, 1.807) is 14.2 Å². The Bertz CT molecular complexity index is 1400. The number of aromatic nitrogens is 3. The number of fused-ring (bicyclic) bond motifs is 2. The first-order valence-corrected chi connectivity index (χ1v) is 13.0. The summed E-state index contributed by atoms with van der Waals surface area (Å²) in [5.41, 5.74) is 6.46. The predicted molar refractivity (Wildman–Crippen MR) is 144 cm³/mol. The molecule has 3 heterocycles. The lowest BCUT2D eigenvalue weighted by Crippen LogP contribution is -2.44. The van der Waals surface area contributed by atoms with E-state index in [0.29, 0.717) is 12.0 Å². The van der Waals surface area contributed by atoms with Crippen molar-refractivity contribution in [1.82, 2.24) is 19.5 Å². The fourth-order valence-corrected chi connectivity index (χ4v) is 5.63. The molecule has 0 radical (unpaired) electrons. The lowest BCUT2D eigenvalue weighted by molar-refractivity contribution is 0.0149. The summed E-state index contributed by atoms with van der Waals surface area (Å²) in [4.78, 5) is 7.18. The maximum absolute atomic E-state index is 5.83. The summed E-state index contributed by atoms with van der Waals surface area (Å²) in [6.07, 6.45) is 6.31. The zero-order valence-corrected chi connectivity index (χ0v) is 21.4. The van der Waals surface area contributed by atoms with E-state index in [0.717, 1.165) is 73.1 Å². The van der Waals surface area contributed by atoms with Gasteiger partial charge in [-0.1, -0.05) is 12.1 Å². The highest BCUT2D eigenvalue weighted by Gasteiger charge is 2.25. The van der Waals surface area contributed by atoms with Crippen molar-refractivity contribution < 1.29 is 14.2 Å². The number of nitrogens with one attached hydrogen (secondary N) is 1. The van der Waals surface area contributed by atoms with Crippen LogP contribution in [0.3, 0.4) is 0 Å². The maximum atomic E-state index is 5.83. The summed E-state index contributed by atoms with van der Waals surface area (Å²) < 4.78 is 18.9. The third kappa shape index (κ3) is 4.74. The van der Waals surface area contributed by atoms with E-state index in [2.05, 4.69) is 27.3 Å². The first kappa shape index (κ1) is 23.8. The fourth-order valence-electron chi connectivity index (χ4n) is 5.63. The number of morpholine rings is 1. The molecule has 1 aliphatic carbocycles. The molecule has 2 aromatic heterocycles. The Morgan fingerprint density at radius 2 is 1.81 bits per heavy atom. The second kappa shape index (κ2) is 10.4. The van der Waals surface area contributed by atoms with Crippen molar-refractivity contribution in [3.8, 4) is 22.8 Å². The van der Waals surface area contributed by atoms with E-state index in [1.807, 2.05) is 47.1 Å². The highest BCUT2D eigenvalue weighted by Crippen LogP contribution is 2.35. The van der Waals surface area contributed by atoms with E-state index < -0.39 is 0 Å². The standard InChI is InChI=1S/C29H33N5O3/c1-35-27-9-4-3-8-24(27)26-11-10-23-19-30-29(32-34(23)26)31-25-17-20-6-5-7-22(33-12-14-37-15-13-33)16-21(20)18-28(25)36-2/h3-4,8-11,17-19,22H,5-7,12-16H2,1-2H3,(H,31,32). The molecule has 2 aliphatic rings. The normalized spacial score (nSPS) is 18.3. The molecule has 1 aliphatic heterocycles. The van der Waals surface area contributed by atoms with Crippen LogP contribution in [-0.2, 0) is 17.6 Å². The predicted octanol–water partition coefficient (Wildman–Crippen LogP) is 4.74. The Morgan fingerprint density at radius 1 is 0.973 bits per heavy atom. The van der Waals surface area contributed by atoms with Crippen LogP contribution in [0.4, 0.5) is 11.6 Å². The molecule has 192 valence electrons. The summed E-state index contributed by atoms with van der Waals surface area (Å²) in [5, 5.41) is 8.26. The van der Waals surface area contributed by atoms with Crippen LogP contribution in [-0.4, -0.2) is 66.1 Å². The van der Waals surface area contributed by atoms with E-state index in [-0.39, 0.29) is 0 Å². The summed E-state index contributed by atoms with van der Waals surface area (Å²) in [7, 11) is 3.41. The van der Waals surface area contributed by atoms with Crippen molar-refractivity contribution in [2.45, 2.75) is 31.7 Å². The molecule has 2 aromatic carbocycles. The first-order valence-electron chi connectivity index (χ1n) is 13.0. The highest BCUT2D eigenvalue weighted by molar-refractivity contribution is 5.72. The summed E-state index contributed by atoms with van der Waals surface area (Å²) in [6, 6.07) is 17.0. The maximum Gasteiger partial charge on any atom is 0.245 e. The lowest BCUT2D eigenvalue weighted by atomic mass is 9.99. The zero-order valence-electron chi connectivity index (χ0n) is 21.4. The van der Waals surface area contributed by atoms with Crippen molar-refractivity contribution in [3.05, 3.63) is 65.9 Å². The molecule has 1 saturated heterocycles.